The van der Waals surface area contributed by atoms with Gasteiger partial charge >= 0.3 is 12.1 Å². The lowest BCUT2D eigenvalue weighted by atomic mass is 10.0. The Morgan fingerprint density at radius 3 is 2.32 bits per heavy atom. The van der Waals surface area contributed by atoms with Crippen LogP contribution in [-0.4, -0.2) is 24.3 Å². The Balaban J connectivity index is 2.50. The van der Waals surface area contributed by atoms with Crippen molar-refractivity contribution in [1.82, 2.24) is 0 Å². The number of benzene rings is 1. The van der Waals surface area contributed by atoms with Crippen LogP contribution in [0.5, 0.6) is 11.5 Å². The predicted molar refractivity (Wildman–Crippen MR) is 58.4 cm³/mol. The van der Waals surface area contributed by atoms with Gasteiger partial charge in [0.2, 0.25) is 0 Å². The second-order valence-corrected chi connectivity index (χ2v) is 4.07. The first-order chi connectivity index (χ1) is 8.88. The third-order valence-electron chi connectivity index (χ3n) is 2.62. The monoisotopic (exact) mass is 276 g/mol. The summed E-state index contributed by atoms with van der Waals surface area (Å²) in [7, 11) is 0. The van der Waals surface area contributed by atoms with Gasteiger partial charge in [0.1, 0.15) is 0 Å². The van der Waals surface area contributed by atoms with Gasteiger partial charge in [0.25, 0.3) is 0 Å². The normalized spacial score (nSPS) is 14.9. The number of halogens is 3. The molecule has 1 aromatic rings. The topological polar surface area (TPSA) is 55.8 Å². The highest BCUT2D eigenvalue weighted by molar-refractivity contribution is 5.71. The Bertz CT molecular complexity index is 496. The van der Waals surface area contributed by atoms with Crippen LogP contribution in [0.3, 0.4) is 0 Å². The molecule has 0 unspecified atom stereocenters. The number of ether oxygens (including phenoxy) is 2. The molecule has 1 aromatic carbocycles. The summed E-state index contributed by atoms with van der Waals surface area (Å²) in [6.07, 6.45) is -4.79. The number of hydrogen-bond acceptors (Lipinski definition) is 3. The first-order valence-corrected chi connectivity index (χ1v) is 5.59. The second-order valence-electron chi connectivity index (χ2n) is 4.07. The van der Waals surface area contributed by atoms with E-state index in [0.717, 1.165) is 12.1 Å². The van der Waals surface area contributed by atoms with Gasteiger partial charge in [-0.25, -0.2) is 0 Å². The largest absolute Gasteiger partial charge is 0.490 e. The van der Waals surface area contributed by atoms with E-state index in [0.29, 0.717) is 13.0 Å². The zero-order valence-electron chi connectivity index (χ0n) is 9.79. The molecule has 19 heavy (non-hydrogen) atoms. The maximum atomic E-state index is 12.9. The lowest BCUT2D eigenvalue weighted by Gasteiger charge is -2.15. The van der Waals surface area contributed by atoms with Crippen molar-refractivity contribution in [2.45, 2.75) is 19.0 Å². The van der Waals surface area contributed by atoms with Crippen LogP contribution in [0.15, 0.2) is 12.1 Å². The Hall–Kier alpha value is -1.92. The Kier molecular flexibility index (Phi) is 3.55. The van der Waals surface area contributed by atoms with Crippen molar-refractivity contribution in [3.8, 4) is 11.5 Å². The number of aliphatic carboxylic acids is 1. The molecule has 0 bridgehead atoms. The third-order valence-corrected chi connectivity index (χ3v) is 2.62. The van der Waals surface area contributed by atoms with E-state index in [1.807, 2.05) is 0 Å². The second kappa shape index (κ2) is 4.99. The summed E-state index contributed by atoms with van der Waals surface area (Å²) in [6, 6.07) is 1.90. The van der Waals surface area contributed by atoms with Crippen molar-refractivity contribution in [2.24, 2.45) is 0 Å². The molecule has 0 saturated carbocycles. The van der Waals surface area contributed by atoms with Gasteiger partial charge in [-0.1, -0.05) is 0 Å². The van der Waals surface area contributed by atoms with Gasteiger partial charge in [-0.2, -0.15) is 13.2 Å². The summed E-state index contributed by atoms with van der Waals surface area (Å²) in [5.41, 5.74) is -1.33. The van der Waals surface area contributed by atoms with Crippen LogP contribution in [0.2, 0.25) is 0 Å². The quantitative estimate of drug-likeness (QED) is 0.901. The van der Waals surface area contributed by atoms with Crippen LogP contribution in [0, 0.1) is 0 Å². The minimum absolute atomic E-state index is 0.000959. The zero-order chi connectivity index (χ0) is 14.0. The molecule has 0 aliphatic carbocycles. The maximum Gasteiger partial charge on any atom is 0.416 e. The zero-order valence-corrected chi connectivity index (χ0v) is 9.79. The van der Waals surface area contributed by atoms with E-state index >= 15 is 0 Å². The van der Waals surface area contributed by atoms with E-state index in [1.54, 1.807) is 0 Å². The van der Waals surface area contributed by atoms with Crippen LogP contribution >= 0.6 is 0 Å². The van der Waals surface area contributed by atoms with Crippen molar-refractivity contribution in [2.75, 3.05) is 13.2 Å². The van der Waals surface area contributed by atoms with Gasteiger partial charge in [-0.15, -0.1) is 0 Å². The average Bonchev–Trinajstić information content (AvgIpc) is 2.50. The van der Waals surface area contributed by atoms with Crippen molar-refractivity contribution >= 4 is 5.97 Å². The number of carbonyl (C=O) groups is 1. The fourth-order valence-electron chi connectivity index (χ4n) is 1.82. The van der Waals surface area contributed by atoms with E-state index in [2.05, 4.69) is 0 Å². The van der Waals surface area contributed by atoms with Crippen LogP contribution < -0.4 is 9.47 Å². The Labute approximate surface area is 106 Å². The summed E-state index contributed by atoms with van der Waals surface area (Å²) in [4.78, 5) is 10.6. The number of rotatable bonds is 2. The average molecular weight is 276 g/mol. The van der Waals surface area contributed by atoms with Crippen molar-refractivity contribution in [3.63, 3.8) is 0 Å². The summed E-state index contributed by atoms with van der Waals surface area (Å²) >= 11 is 0. The Morgan fingerprint density at radius 2 is 1.79 bits per heavy atom. The molecule has 0 atom stereocenters. The number of carboxylic acids is 1. The SMILES string of the molecule is O=C(O)Cc1cc2c(cc1C(F)(F)F)OCCCO2. The minimum Gasteiger partial charge on any atom is -0.490 e. The van der Waals surface area contributed by atoms with E-state index in [9.17, 15) is 18.0 Å². The predicted octanol–water partition coefficient (Wildman–Crippen LogP) is 2.49. The smallest absolute Gasteiger partial charge is 0.416 e. The van der Waals surface area contributed by atoms with E-state index < -0.39 is 24.1 Å². The molecule has 0 aromatic heterocycles. The summed E-state index contributed by atoms with van der Waals surface area (Å²) in [6.45, 7) is 0.591. The summed E-state index contributed by atoms with van der Waals surface area (Å²) in [5, 5.41) is 8.68. The lowest BCUT2D eigenvalue weighted by molar-refractivity contribution is -0.139. The molecular formula is C12H11F3O4. The lowest BCUT2D eigenvalue weighted by Crippen LogP contribution is -2.13. The van der Waals surface area contributed by atoms with Crippen LogP contribution in [0.4, 0.5) is 13.2 Å². The van der Waals surface area contributed by atoms with Crippen molar-refractivity contribution < 1.29 is 32.5 Å². The van der Waals surface area contributed by atoms with Crippen molar-refractivity contribution in [1.29, 1.82) is 0 Å². The fraction of sp³-hybridized carbons (Fsp3) is 0.417. The highest BCUT2D eigenvalue weighted by Crippen LogP contribution is 2.40. The first kappa shape index (κ1) is 13.5. The van der Waals surface area contributed by atoms with Gasteiger partial charge in [0.05, 0.1) is 25.2 Å². The van der Waals surface area contributed by atoms with Gasteiger partial charge < -0.3 is 14.6 Å². The molecule has 0 fully saturated rings. The van der Waals surface area contributed by atoms with Gasteiger partial charge in [0, 0.05) is 6.42 Å². The van der Waals surface area contributed by atoms with Crippen LogP contribution in [-0.2, 0) is 17.4 Å². The molecule has 0 saturated heterocycles. The molecule has 104 valence electrons. The molecule has 4 nitrogen and oxygen atoms in total. The Morgan fingerprint density at radius 1 is 1.21 bits per heavy atom. The minimum atomic E-state index is -4.63. The standard InChI is InChI=1S/C12H11F3O4/c13-12(14,15)8-6-10-9(18-2-1-3-19-10)4-7(8)5-11(16)17/h4,6H,1-3,5H2,(H,16,17). The number of fused-ring (bicyclic) bond motifs is 1. The van der Waals surface area contributed by atoms with Gasteiger partial charge in [-0.05, 0) is 17.7 Å². The van der Waals surface area contributed by atoms with E-state index in [-0.39, 0.29) is 23.7 Å². The molecule has 0 spiro atoms. The number of hydrogen-bond donors (Lipinski definition) is 1. The molecule has 0 amide bonds. The molecule has 0 radical (unpaired) electrons. The molecular weight excluding hydrogens is 265 g/mol. The summed E-state index contributed by atoms with van der Waals surface area (Å²) < 4.78 is 49.1. The molecule has 2 rings (SSSR count). The van der Waals surface area contributed by atoms with Crippen molar-refractivity contribution in [3.05, 3.63) is 23.3 Å². The van der Waals surface area contributed by atoms with Gasteiger partial charge in [0.15, 0.2) is 11.5 Å². The highest BCUT2D eigenvalue weighted by Gasteiger charge is 2.35. The van der Waals surface area contributed by atoms with E-state index in [4.69, 9.17) is 14.6 Å². The first-order valence-electron chi connectivity index (χ1n) is 5.59. The van der Waals surface area contributed by atoms with E-state index in [1.165, 1.54) is 0 Å². The van der Waals surface area contributed by atoms with Crippen LogP contribution in [0.25, 0.3) is 0 Å². The number of carboxylic acid groups (broad SMARTS) is 1. The molecule has 1 heterocycles. The maximum absolute atomic E-state index is 12.9. The molecule has 7 heteroatoms. The number of alkyl halides is 3. The highest BCUT2D eigenvalue weighted by atomic mass is 19.4. The third kappa shape index (κ3) is 3.10. The molecule has 1 aliphatic heterocycles. The summed E-state index contributed by atoms with van der Waals surface area (Å²) in [5.74, 6) is -1.18. The fourth-order valence-corrected chi connectivity index (χ4v) is 1.82. The van der Waals surface area contributed by atoms with Crippen LogP contribution in [0.1, 0.15) is 17.5 Å². The molecule has 1 aliphatic rings. The van der Waals surface area contributed by atoms with Gasteiger partial charge in [-0.3, -0.25) is 4.79 Å². The molecule has 1 N–H and O–H groups in total.